The van der Waals surface area contributed by atoms with Gasteiger partial charge in [0.05, 0.1) is 6.04 Å². The lowest BCUT2D eigenvalue weighted by molar-refractivity contribution is -0.149. The van der Waals surface area contributed by atoms with Gasteiger partial charge in [0.1, 0.15) is 18.1 Å². The van der Waals surface area contributed by atoms with Crippen molar-refractivity contribution in [3.05, 3.63) is 0 Å². The maximum absolute atomic E-state index is 12.8. The summed E-state index contributed by atoms with van der Waals surface area (Å²) in [6.45, 7) is 0.645. The largest absolute Gasteiger partial charge is 0.480 e. The second-order valence-corrected chi connectivity index (χ2v) is 7.94. The zero-order valence-corrected chi connectivity index (χ0v) is 17.6. The molecule has 4 atom stereocenters. The van der Waals surface area contributed by atoms with E-state index in [4.69, 9.17) is 11.5 Å². The summed E-state index contributed by atoms with van der Waals surface area (Å²) in [5.74, 6) is -3.12. The molecule has 0 saturated carbocycles. The second-order valence-electron chi connectivity index (χ2n) is 7.57. The summed E-state index contributed by atoms with van der Waals surface area (Å²) in [6.07, 6.45) is 2.00. The molecule has 6 N–H and O–H groups in total. The van der Waals surface area contributed by atoms with Gasteiger partial charge in [0.15, 0.2) is 0 Å². The van der Waals surface area contributed by atoms with Crippen molar-refractivity contribution >= 4 is 42.2 Å². The first kappa shape index (κ1) is 23.9. The highest BCUT2D eigenvalue weighted by molar-refractivity contribution is 7.80. The number of nitrogens with one attached hydrogen (secondary N) is 1. The van der Waals surface area contributed by atoms with Crippen molar-refractivity contribution in [1.82, 2.24) is 15.1 Å². The topological polar surface area (TPSA) is 176 Å². The standard InChI is InChI=1S/C18H29N5O6S/c19-10(5-6-14(20)24)16(26)22-7-1-3-12(22)15(25)21-11(9-30)17(27)23-8-2-4-13(23)18(28)29/h10-13,30H,1-9,19H2,(H2,20,24)(H,21,25)(H,28,29). The Morgan fingerprint density at radius 2 is 1.60 bits per heavy atom. The molecule has 0 aromatic heterocycles. The minimum absolute atomic E-state index is 0.00773. The molecule has 0 aromatic carbocycles. The number of amides is 4. The van der Waals surface area contributed by atoms with Gasteiger partial charge in [-0.1, -0.05) is 0 Å². The molecule has 4 unspecified atom stereocenters. The van der Waals surface area contributed by atoms with Gasteiger partial charge in [-0.3, -0.25) is 19.2 Å². The Morgan fingerprint density at radius 3 is 2.13 bits per heavy atom. The zero-order valence-electron chi connectivity index (χ0n) is 16.7. The van der Waals surface area contributed by atoms with E-state index >= 15 is 0 Å². The summed E-state index contributed by atoms with van der Waals surface area (Å²) in [7, 11) is 0. The lowest BCUT2D eigenvalue weighted by atomic mass is 10.1. The molecule has 0 aliphatic carbocycles. The van der Waals surface area contributed by atoms with Crippen LogP contribution in [0, 0.1) is 0 Å². The molecule has 0 spiro atoms. The third-order valence-corrected chi connectivity index (χ3v) is 5.84. The van der Waals surface area contributed by atoms with Crippen LogP contribution in [-0.2, 0) is 24.0 Å². The number of carbonyl (C=O) groups excluding carboxylic acids is 4. The van der Waals surface area contributed by atoms with E-state index in [-0.39, 0.29) is 18.6 Å². The van der Waals surface area contributed by atoms with E-state index in [9.17, 15) is 29.1 Å². The van der Waals surface area contributed by atoms with Gasteiger partial charge < -0.3 is 31.7 Å². The maximum atomic E-state index is 12.8. The minimum atomic E-state index is -1.08. The molecule has 0 radical (unpaired) electrons. The van der Waals surface area contributed by atoms with Crippen molar-refractivity contribution in [2.45, 2.75) is 62.7 Å². The lowest BCUT2D eigenvalue weighted by Crippen LogP contribution is -2.57. The first-order chi connectivity index (χ1) is 14.2. The van der Waals surface area contributed by atoms with Crippen molar-refractivity contribution < 1.29 is 29.1 Å². The van der Waals surface area contributed by atoms with Gasteiger partial charge in [-0.15, -0.1) is 0 Å². The van der Waals surface area contributed by atoms with Gasteiger partial charge in [0.2, 0.25) is 23.6 Å². The summed E-state index contributed by atoms with van der Waals surface area (Å²) in [6, 6.07) is -3.65. The molecule has 30 heavy (non-hydrogen) atoms. The number of nitrogens with zero attached hydrogens (tertiary/aromatic N) is 2. The summed E-state index contributed by atoms with van der Waals surface area (Å²) < 4.78 is 0. The Kier molecular flexibility index (Phi) is 8.47. The van der Waals surface area contributed by atoms with Gasteiger partial charge in [-0.05, 0) is 32.1 Å². The Hall–Kier alpha value is -2.34. The molecule has 4 amide bonds. The van der Waals surface area contributed by atoms with E-state index in [1.807, 2.05) is 0 Å². The van der Waals surface area contributed by atoms with Crippen LogP contribution in [0.2, 0.25) is 0 Å². The number of carbonyl (C=O) groups is 5. The molecule has 2 aliphatic rings. The monoisotopic (exact) mass is 443 g/mol. The number of hydrogen-bond donors (Lipinski definition) is 5. The first-order valence-corrected chi connectivity index (χ1v) is 10.6. The highest BCUT2D eigenvalue weighted by Crippen LogP contribution is 2.21. The summed E-state index contributed by atoms with van der Waals surface area (Å²) in [5.41, 5.74) is 10.9. The Morgan fingerprint density at radius 1 is 1.03 bits per heavy atom. The molecule has 0 aromatic rings. The average molecular weight is 444 g/mol. The van der Waals surface area contributed by atoms with Crippen LogP contribution in [0.1, 0.15) is 38.5 Å². The van der Waals surface area contributed by atoms with Crippen LogP contribution < -0.4 is 16.8 Å². The lowest BCUT2D eigenvalue weighted by Gasteiger charge is -2.30. The third kappa shape index (κ3) is 5.63. The van der Waals surface area contributed by atoms with Gasteiger partial charge in [0.25, 0.3) is 0 Å². The minimum Gasteiger partial charge on any atom is -0.480 e. The molecule has 0 bridgehead atoms. The van der Waals surface area contributed by atoms with Crippen molar-refractivity contribution in [3.63, 3.8) is 0 Å². The van der Waals surface area contributed by atoms with Crippen LogP contribution in [0.15, 0.2) is 0 Å². The van der Waals surface area contributed by atoms with Crippen molar-refractivity contribution in [2.24, 2.45) is 11.5 Å². The highest BCUT2D eigenvalue weighted by Gasteiger charge is 2.40. The number of thiol groups is 1. The molecule has 2 fully saturated rings. The molecule has 2 rings (SSSR count). The van der Waals surface area contributed by atoms with E-state index in [2.05, 4.69) is 17.9 Å². The Bertz CT molecular complexity index is 705. The van der Waals surface area contributed by atoms with Crippen molar-refractivity contribution in [3.8, 4) is 0 Å². The number of carboxylic acids is 1. The van der Waals surface area contributed by atoms with Crippen LogP contribution in [-0.4, -0.2) is 87.5 Å². The van der Waals surface area contributed by atoms with Gasteiger partial charge in [-0.2, -0.15) is 12.6 Å². The second kappa shape index (κ2) is 10.6. The summed E-state index contributed by atoms with van der Waals surface area (Å²) >= 11 is 4.13. The predicted octanol–water partition coefficient (Wildman–Crippen LogP) is -1.94. The number of primary amides is 1. The van der Waals surface area contributed by atoms with Crippen LogP contribution >= 0.6 is 12.6 Å². The average Bonchev–Trinajstić information content (AvgIpc) is 3.38. The highest BCUT2D eigenvalue weighted by atomic mass is 32.1. The zero-order chi connectivity index (χ0) is 22.4. The van der Waals surface area contributed by atoms with E-state index in [1.165, 1.54) is 9.80 Å². The van der Waals surface area contributed by atoms with Crippen LogP contribution in [0.3, 0.4) is 0 Å². The molecule has 2 saturated heterocycles. The number of nitrogens with two attached hydrogens (primary N) is 2. The van der Waals surface area contributed by atoms with E-state index in [1.54, 1.807) is 0 Å². The number of carboxylic acid groups (broad SMARTS) is 1. The predicted molar refractivity (Wildman–Crippen MR) is 109 cm³/mol. The van der Waals surface area contributed by atoms with Crippen LogP contribution in [0.5, 0.6) is 0 Å². The molecule has 2 heterocycles. The number of likely N-dealkylation sites (tertiary alicyclic amines) is 2. The van der Waals surface area contributed by atoms with Gasteiger partial charge in [0, 0.05) is 25.3 Å². The van der Waals surface area contributed by atoms with E-state index < -0.39 is 53.8 Å². The Labute approximate surface area is 179 Å². The SMILES string of the molecule is NC(=O)CCC(N)C(=O)N1CCCC1C(=O)NC(CS)C(=O)N1CCCC1C(=O)O. The normalized spacial score (nSPS) is 23.1. The third-order valence-electron chi connectivity index (χ3n) is 5.48. The molecule has 11 nitrogen and oxygen atoms in total. The van der Waals surface area contributed by atoms with E-state index in [0.717, 1.165) is 0 Å². The summed E-state index contributed by atoms with van der Waals surface area (Å²) in [5, 5.41) is 11.9. The fourth-order valence-electron chi connectivity index (χ4n) is 3.88. The van der Waals surface area contributed by atoms with E-state index in [0.29, 0.717) is 38.8 Å². The quantitative estimate of drug-likeness (QED) is 0.257. The number of rotatable bonds is 9. The van der Waals surface area contributed by atoms with Crippen LogP contribution in [0.4, 0.5) is 0 Å². The fourth-order valence-corrected chi connectivity index (χ4v) is 4.13. The molecular formula is C18H29N5O6S. The smallest absolute Gasteiger partial charge is 0.326 e. The Balaban J connectivity index is 2.01. The van der Waals surface area contributed by atoms with Gasteiger partial charge >= 0.3 is 5.97 Å². The summed E-state index contributed by atoms with van der Waals surface area (Å²) in [4.78, 5) is 63.1. The fraction of sp³-hybridized carbons (Fsp3) is 0.722. The number of aliphatic carboxylic acids is 1. The maximum Gasteiger partial charge on any atom is 0.326 e. The first-order valence-electron chi connectivity index (χ1n) is 9.96. The molecule has 12 heteroatoms. The number of hydrogen-bond acceptors (Lipinski definition) is 7. The van der Waals surface area contributed by atoms with Crippen molar-refractivity contribution in [1.29, 1.82) is 0 Å². The molecule has 168 valence electrons. The van der Waals surface area contributed by atoms with Crippen LogP contribution in [0.25, 0.3) is 0 Å². The van der Waals surface area contributed by atoms with Crippen molar-refractivity contribution in [2.75, 3.05) is 18.8 Å². The van der Waals surface area contributed by atoms with Gasteiger partial charge in [-0.25, -0.2) is 4.79 Å². The molecular weight excluding hydrogens is 414 g/mol. The molecule has 2 aliphatic heterocycles.